The van der Waals surface area contributed by atoms with Crippen LogP contribution in [0.1, 0.15) is 71.0 Å². The average Bonchev–Trinajstić information content (AvgIpc) is 3.10. The highest BCUT2D eigenvalue weighted by Gasteiger charge is 2.42. The van der Waals surface area contributed by atoms with E-state index in [-0.39, 0.29) is 24.0 Å². The van der Waals surface area contributed by atoms with Crippen molar-refractivity contribution in [2.24, 2.45) is 0 Å². The van der Waals surface area contributed by atoms with Crippen molar-refractivity contribution in [1.82, 2.24) is 4.90 Å². The van der Waals surface area contributed by atoms with Gasteiger partial charge in [0.05, 0.1) is 36.6 Å². The SMILES string of the molecule is CCOc1cc(C(CSC)N2C(=O)c3cc(CCCCCO)cc(NC(C)=O)c3C2=O)ccc1OC. The monoisotopic (exact) mass is 514 g/mol. The molecule has 194 valence electrons. The third kappa shape index (κ3) is 6.02. The number of hydrogen-bond acceptors (Lipinski definition) is 7. The molecule has 2 aromatic rings. The van der Waals surface area contributed by atoms with Gasteiger partial charge in [-0.3, -0.25) is 19.3 Å². The fourth-order valence-electron chi connectivity index (χ4n) is 4.42. The lowest BCUT2D eigenvalue weighted by molar-refractivity contribution is -0.114. The number of carbonyl (C=O) groups excluding carboxylic acids is 3. The summed E-state index contributed by atoms with van der Waals surface area (Å²) in [5.41, 5.74) is 2.49. The molecule has 1 aliphatic rings. The number of aryl methyl sites for hydroxylation is 1. The summed E-state index contributed by atoms with van der Waals surface area (Å²) in [7, 11) is 1.56. The zero-order valence-electron chi connectivity index (χ0n) is 21.3. The number of nitrogens with zero attached hydrogens (tertiary/aromatic N) is 1. The molecule has 0 saturated heterocycles. The third-order valence-corrected chi connectivity index (χ3v) is 6.67. The van der Waals surface area contributed by atoms with Crippen LogP contribution in [0, 0.1) is 0 Å². The number of carbonyl (C=O) groups is 3. The molecule has 1 unspecified atom stereocenters. The van der Waals surface area contributed by atoms with Crippen LogP contribution in [-0.2, 0) is 11.2 Å². The molecular weight excluding hydrogens is 480 g/mol. The molecule has 9 heteroatoms. The molecule has 1 atom stereocenters. The summed E-state index contributed by atoms with van der Waals surface area (Å²) in [6, 6.07) is 8.43. The minimum absolute atomic E-state index is 0.135. The number of aliphatic hydroxyl groups is 1. The Labute approximate surface area is 216 Å². The van der Waals surface area contributed by atoms with Crippen molar-refractivity contribution in [1.29, 1.82) is 0 Å². The maximum Gasteiger partial charge on any atom is 0.264 e. The second-order valence-electron chi connectivity index (χ2n) is 8.58. The van der Waals surface area contributed by atoms with Crippen LogP contribution < -0.4 is 14.8 Å². The summed E-state index contributed by atoms with van der Waals surface area (Å²) >= 11 is 1.53. The number of methoxy groups -OCH3 is 1. The van der Waals surface area contributed by atoms with E-state index in [1.807, 2.05) is 25.3 Å². The van der Waals surface area contributed by atoms with E-state index in [9.17, 15) is 14.4 Å². The van der Waals surface area contributed by atoms with Crippen molar-refractivity contribution < 1.29 is 29.0 Å². The van der Waals surface area contributed by atoms with Crippen molar-refractivity contribution in [3.63, 3.8) is 0 Å². The van der Waals surface area contributed by atoms with Crippen LogP contribution in [0.25, 0.3) is 0 Å². The first-order valence-corrected chi connectivity index (χ1v) is 13.5. The van der Waals surface area contributed by atoms with Crippen molar-refractivity contribution in [2.75, 3.05) is 37.6 Å². The van der Waals surface area contributed by atoms with Crippen molar-refractivity contribution in [2.45, 2.75) is 45.6 Å². The van der Waals surface area contributed by atoms with Gasteiger partial charge in [0.25, 0.3) is 11.8 Å². The van der Waals surface area contributed by atoms with Crippen LogP contribution in [-0.4, -0.2) is 60.1 Å². The number of anilines is 1. The Morgan fingerprint density at radius 2 is 1.89 bits per heavy atom. The molecule has 0 spiro atoms. The number of ether oxygens (including phenoxy) is 2. The summed E-state index contributed by atoms with van der Waals surface area (Å²) in [5.74, 6) is 0.483. The maximum atomic E-state index is 13.7. The molecule has 3 amide bonds. The molecule has 0 bridgehead atoms. The molecule has 0 fully saturated rings. The zero-order valence-corrected chi connectivity index (χ0v) is 22.1. The standard InChI is InChI=1S/C27H34N2O6S/c1-5-35-24-15-19(10-11-23(24)34-3)22(16-36-4)29-26(32)20-13-18(9-7-6-8-12-30)14-21(28-17(2)31)25(20)27(29)33/h10-11,13-15,22,30H,5-9,12,16H2,1-4H3,(H,28,31). The Hall–Kier alpha value is -3.04. The highest BCUT2D eigenvalue weighted by Crippen LogP contribution is 2.39. The minimum atomic E-state index is -0.532. The predicted molar refractivity (Wildman–Crippen MR) is 141 cm³/mol. The number of hydrogen-bond donors (Lipinski definition) is 2. The smallest absolute Gasteiger partial charge is 0.264 e. The summed E-state index contributed by atoms with van der Waals surface area (Å²) in [4.78, 5) is 40.6. The quantitative estimate of drug-likeness (QED) is 0.300. The van der Waals surface area contributed by atoms with Crippen molar-refractivity contribution >= 4 is 35.2 Å². The Morgan fingerprint density at radius 3 is 2.53 bits per heavy atom. The predicted octanol–water partition coefficient (Wildman–Crippen LogP) is 4.46. The van der Waals surface area contributed by atoms with E-state index in [0.29, 0.717) is 48.0 Å². The molecular formula is C27H34N2O6S. The zero-order chi connectivity index (χ0) is 26.2. The molecule has 2 aromatic carbocycles. The van der Waals surface area contributed by atoms with Crippen LogP contribution in [0.2, 0.25) is 0 Å². The molecule has 0 aliphatic carbocycles. The summed E-state index contributed by atoms with van der Waals surface area (Å²) in [6.45, 7) is 3.83. The number of rotatable bonds is 13. The van der Waals surface area contributed by atoms with Crippen LogP contribution in [0.5, 0.6) is 11.5 Å². The van der Waals surface area contributed by atoms with Gasteiger partial charge in [-0.1, -0.05) is 12.5 Å². The average molecular weight is 515 g/mol. The molecule has 0 saturated carbocycles. The van der Waals surface area contributed by atoms with Gasteiger partial charge < -0.3 is 19.9 Å². The van der Waals surface area contributed by atoms with Gasteiger partial charge in [-0.05, 0) is 67.8 Å². The van der Waals surface area contributed by atoms with Crippen LogP contribution in [0.15, 0.2) is 30.3 Å². The van der Waals surface area contributed by atoms with Crippen LogP contribution in [0.4, 0.5) is 5.69 Å². The first-order valence-electron chi connectivity index (χ1n) is 12.1. The lowest BCUT2D eigenvalue weighted by Crippen LogP contribution is -2.35. The lowest BCUT2D eigenvalue weighted by atomic mass is 9.99. The first kappa shape index (κ1) is 27.5. The summed E-state index contributed by atoms with van der Waals surface area (Å²) < 4.78 is 11.1. The van der Waals surface area contributed by atoms with Gasteiger partial charge in [0.15, 0.2) is 11.5 Å². The van der Waals surface area contributed by atoms with Gasteiger partial charge in [-0.15, -0.1) is 0 Å². The number of benzene rings is 2. The molecule has 3 rings (SSSR count). The Kier molecular flexibility index (Phi) is 9.78. The largest absolute Gasteiger partial charge is 0.493 e. The highest BCUT2D eigenvalue weighted by molar-refractivity contribution is 7.98. The highest BCUT2D eigenvalue weighted by atomic mass is 32.2. The number of thioether (sulfide) groups is 1. The molecule has 0 aromatic heterocycles. The molecule has 2 N–H and O–H groups in total. The molecule has 0 radical (unpaired) electrons. The lowest BCUT2D eigenvalue weighted by Gasteiger charge is -2.27. The fourth-order valence-corrected chi connectivity index (χ4v) is 5.08. The normalized spacial score (nSPS) is 13.5. The van der Waals surface area contributed by atoms with Gasteiger partial charge in [-0.25, -0.2) is 0 Å². The van der Waals surface area contributed by atoms with Gasteiger partial charge >= 0.3 is 0 Å². The van der Waals surface area contributed by atoms with E-state index in [1.54, 1.807) is 25.3 Å². The second kappa shape index (κ2) is 12.8. The number of imide groups is 1. The number of unbranched alkanes of at least 4 members (excludes halogenated alkanes) is 2. The Morgan fingerprint density at radius 1 is 1.11 bits per heavy atom. The fraction of sp³-hybridized carbons (Fsp3) is 0.444. The third-order valence-electron chi connectivity index (χ3n) is 6.02. The van der Waals surface area contributed by atoms with E-state index in [1.165, 1.54) is 23.6 Å². The minimum Gasteiger partial charge on any atom is -0.493 e. The van der Waals surface area contributed by atoms with Crippen LogP contribution in [0.3, 0.4) is 0 Å². The van der Waals surface area contributed by atoms with E-state index < -0.39 is 11.9 Å². The number of amides is 3. The summed E-state index contributed by atoms with van der Waals surface area (Å²) in [6.07, 6.45) is 4.97. The Bertz CT molecular complexity index is 1120. The van der Waals surface area contributed by atoms with Crippen molar-refractivity contribution in [3.05, 3.63) is 52.6 Å². The number of fused-ring (bicyclic) bond motifs is 1. The van der Waals surface area contributed by atoms with Gasteiger partial charge in [0.2, 0.25) is 5.91 Å². The molecule has 8 nitrogen and oxygen atoms in total. The van der Waals surface area contributed by atoms with Gasteiger partial charge in [0, 0.05) is 19.3 Å². The van der Waals surface area contributed by atoms with Gasteiger partial charge in [-0.2, -0.15) is 11.8 Å². The first-order chi connectivity index (χ1) is 17.4. The Balaban J connectivity index is 2.03. The number of aliphatic hydroxyl groups excluding tert-OH is 1. The van der Waals surface area contributed by atoms with Crippen LogP contribution >= 0.6 is 11.8 Å². The molecule has 1 heterocycles. The van der Waals surface area contributed by atoms with Gasteiger partial charge in [0.1, 0.15) is 0 Å². The maximum absolute atomic E-state index is 13.7. The van der Waals surface area contributed by atoms with Crippen molar-refractivity contribution in [3.8, 4) is 11.5 Å². The topological polar surface area (TPSA) is 105 Å². The summed E-state index contributed by atoms with van der Waals surface area (Å²) in [5, 5.41) is 11.8. The number of nitrogens with one attached hydrogen (secondary N) is 1. The van der Waals surface area contributed by atoms with E-state index in [0.717, 1.165) is 24.0 Å². The molecule has 36 heavy (non-hydrogen) atoms. The van der Waals surface area contributed by atoms with E-state index >= 15 is 0 Å². The van der Waals surface area contributed by atoms with E-state index in [2.05, 4.69) is 5.32 Å². The second-order valence-corrected chi connectivity index (χ2v) is 9.49. The van der Waals surface area contributed by atoms with E-state index in [4.69, 9.17) is 14.6 Å². The molecule has 1 aliphatic heterocycles.